The lowest BCUT2D eigenvalue weighted by molar-refractivity contribution is 0.0734. The Kier molecular flexibility index (Phi) is 5.38. The second kappa shape index (κ2) is 7.58. The molecule has 0 saturated carbocycles. The predicted molar refractivity (Wildman–Crippen MR) is 100 cm³/mol. The maximum absolute atomic E-state index is 13.0. The predicted octanol–water partition coefficient (Wildman–Crippen LogP) is 2.33. The van der Waals surface area contributed by atoms with Gasteiger partial charge in [-0.2, -0.15) is 0 Å². The SMILES string of the molecule is COc1ccc(OC)c([C@H]2CCCN2C(=O)c2ccc(S(N)(=O)=O)cc2)c1. The number of ether oxygens (including phenoxy) is 2. The molecule has 1 amide bonds. The van der Waals surface area contributed by atoms with E-state index in [0.29, 0.717) is 23.6 Å². The fourth-order valence-electron chi connectivity index (χ4n) is 3.39. The molecular formula is C19H22N2O5S. The number of hydrogen-bond acceptors (Lipinski definition) is 5. The minimum atomic E-state index is -3.79. The van der Waals surface area contributed by atoms with Gasteiger partial charge in [-0.1, -0.05) is 0 Å². The van der Waals surface area contributed by atoms with Crippen molar-refractivity contribution in [3.05, 3.63) is 53.6 Å². The minimum absolute atomic E-state index is 0.0218. The second-order valence-corrected chi connectivity index (χ2v) is 7.90. The molecule has 1 aliphatic heterocycles. The van der Waals surface area contributed by atoms with Crippen LogP contribution in [-0.4, -0.2) is 40.0 Å². The van der Waals surface area contributed by atoms with E-state index in [4.69, 9.17) is 14.6 Å². The van der Waals surface area contributed by atoms with Gasteiger partial charge in [0.05, 0.1) is 25.2 Å². The molecular weight excluding hydrogens is 368 g/mol. The summed E-state index contributed by atoms with van der Waals surface area (Å²) < 4.78 is 33.6. The molecule has 7 nitrogen and oxygen atoms in total. The summed E-state index contributed by atoms with van der Waals surface area (Å²) in [4.78, 5) is 14.8. The zero-order chi connectivity index (χ0) is 19.6. The van der Waals surface area contributed by atoms with Crippen molar-refractivity contribution in [1.82, 2.24) is 4.90 Å². The van der Waals surface area contributed by atoms with Crippen LogP contribution in [0.15, 0.2) is 47.4 Å². The van der Waals surface area contributed by atoms with Gasteiger partial charge in [-0.15, -0.1) is 0 Å². The Hall–Kier alpha value is -2.58. The highest BCUT2D eigenvalue weighted by Gasteiger charge is 2.32. The summed E-state index contributed by atoms with van der Waals surface area (Å²) in [5.41, 5.74) is 1.31. The van der Waals surface area contributed by atoms with Crippen LogP contribution in [-0.2, 0) is 10.0 Å². The van der Waals surface area contributed by atoms with Crippen molar-refractivity contribution in [2.75, 3.05) is 20.8 Å². The molecule has 1 heterocycles. The lowest BCUT2D eigenvalue weighted by Crippen LogP contribution is -2.30. The largest absolute Gasteiger partial charge is 0.497 e. The van der Waals surface area contributed by atoms with Gasteiger partial charge in [-0.05, 0) is 55.3 Å². The van der Waals surface area contributed by atoms with Gasteiger partial charge in [-0.3, -0.25) is 4.79 Å². The number of carbonyl (C=O) groups is 1. The van der Waals surface area contributed by atoms with Crippen molar-refractivity contribution >= 4 is 15.9 Å². The van der Waals surface area contributed by atoms with E-state index >= 15 is 0 Å². The molecule has 144 valence electrons. The molecule has 1 atom stereocenters. The quantitative estimate of drug-likeness (QED) is 0.845. The third-order valence-corrected chi connectivity index (χ3v) is 5.67. The van der Waals surface area contributed by atoms with E-state index in [2.05, 4.69) is 0 Å². The van der Waals surface area contributed by atoms with Crippen LogP contribution >= 0.6 is 0 Å². The van der Waals surface area contributed by atoms with Gasteiger partial charge in [0.2, 0.25) is 10.0 Å². The van der Waals surface area contributed by atoms with Crippen molar-refractivity contribution in [2.45, 2.75) is 23.8 Å². The topological polar surface area (TPSA) is 98.9 Å². The van der Waals surface area contributed by atoms with E-state index in [-0.39, 0.29) is 16.8 Å². The first-order valence-corrected chi connectivity index (χ1v) is 10.1. The molecule has 0 aliphatic carbocycles. The van der Waals surface area contributed by atoms with Crippen LogP contribution in [0.1, 0.15) is 34.8 Å². The van der Waals surface area contributed by atoms with Crippen LogP contribution in [0, 0.1) is 0 Å². The molecule has 1 aliphatic rings. The van der Waals surface area contributed by atoms with Crippen LogP contribution in [0.5, 0.6) is 11.5 Å². The van der Waals surface area contributed by atoms with Gasteiger partial charge in [0.25, 0.3) is 5.91 Å². The average Bonchev–Trinajstić information content (AvgIpc) is 3.15. The monoisotopic (exact) mass is 390 g/mol. The number of sulfonamides is 1. The molecule has 1 fully saturated rings. The van der Waals surface area contributed by atoms with Gasteiger partial charge < -0.3 is 14.4 Å². The molecule has 3 rings (SSSR count). The number of nitrogens with zero attached hydrogens (tertiary/aromatic N) is 1. The Balaban J connectivity index is 1.91. The Labute approximate surface area is 158 Å². The molecule has 27 heavy (non-hydrogen) atoms. The molecule has 8 heteroatoms. The fraction of sp³-hybridized carbons (Fsp3) is 0.316. The number of nitrogens with two attached hydrogens (primary N) is 1. The molecule has 0 unspecified atom stereocenters. The van der Waals surface area contributed by atoms with Crippen molar-refractivity contribution in [2.24, 2.45) is 5.14 Å². The lowest BCUT2D eigenvalue weighted by atomic mass is 10.0. The second-order valence-electron chi connectivity index (χ2n) is 6.33. The number of likely N-dealkylation sites (tertiary alicyclic amines) is 1. The number of methoxy groups -OCH3 is 2. The van der Waals surface area contributed by atoms with Gasteiger partial charge in [-0.25, -0.2) is 13.6 Å². The average molecular weight is 390 g/mol. The van der Waals surface area contributed by atoms with Crippen molar-refractivity contribution in [3.8, 4) is 11.5 Å². The van der Waals surface area contributed by atoms with E-state index in [0.717, 1.165) is 18.4 Å². The first kappa shape index (κ1) is 19.2. The van der Waals surface area contributed by atoms with E-state index in [1.807, 2.05) is 18.2 Å². The molecule has 1 saturated heterocycles. The van der Waals surface area contributed by atoms with E-state index in [1.165, 1.54) is 24.3 Å². The van der Waals surface area contributed by atoms with Gasteiger partial charge in [0.15, 0.2) is 0 Å². The van der Waals surface area contributed by atoms with Crippen LogP contribution < -0.4 is 14.6 Å². The molecule has 2 aromatic rings. The smallest absolute Gasteiger partial charge is 0.254 e. The van der Waals surface area contributed by atoms with E-state index < -0.39 is 10.0 Å². The highest BCUT2D eigenvalue weighted by Crippen LogP contribution is 2.39. The third kappa shape index (κ3) is 3.91. The summed E-state index contributed by atoms with van der Waals surface area (Å²) in [5.74, 6) is 1.23. The molecule has 0 bridgehead atoms. The normalized spacial score (nSPS) is 17.0. The molecule has 0 spiro atoms. The maximum atomic E-state index is 13.0. The highest BCUT2D eigenvalue weighted by atomic mass is 32.2. The molecule has 2 aromatic carbocycles. The number of benzene rings is 2. The maximum Gasteiger partial charge on any atom is 0.254 e. The Morgan fingerprint density at radius 1 is 1.11 bits per heavy atom. The van der Waals surface area contributed by atoms with E-state index in [1.54, 1.807) is 19.1 Å². The lowest BCUT2D eigenvalue weighted by Gasteiger charge is -2.27. The fourth-order valence-corrected chi connectivity index (χ4v) is 3.90. The van der Waals surface area contributed by atoms with Crippen LogP contribution in [0.4, 0.5) is 0 Å². The third-order valence-electron chi connectivity index (χ3n) is 4.74. The van der Waals surface area contributed by atoms with Gasteiger partial charge in [0.1, 0.15) is 11.5 Å². The molecule has 0 aromatic heterocycles. The van der Waals surface area contributed by atoms with Gasteiger partial charge in [0, 0.05) is 17.7 Å². The van der Waals surface area contributed by atoms with E-state index in [9.17, 15) is 13.2 Å². The van der Waals surface area contributed by atoms with Crippen molar-refractivity contribution < 1.29 is 22.7 Å². The summed E-state index contributed by atoms with van der Waals surface area (Å²) in [6, 6.07) is 11.1. The molecule has 0 radical (unpaired) electrons. The Morgan fingerprint density at radius 2 is 1.81 bits per heavy atom. The van der Waals surface area contributed by atoms with Crippen molar-refractivity contribution in [1.29, 1.82) is 0 Å². The number of hydrogen-bond donors (Lipinski definition) is 1. The number of amides is 1. The highest BCUT2D eigenvalue weighted by molar-refractivity contribution is 7.89. The zero-order valence-corrected chi connectivity index (χ0v) is 16.0. The summed E-state index contributed by atoms with van der Waals surface area (Å²) in [7, 11) is -0.601. The van der Waals surface area contributed by atoms with Crippen LogP contribution in [0.25, 0.3) is 0 Å². The van der Waals surface area contributed by atoms with Crippen molar-refractivity contribution in [3.63, 3.8) is 0 Å². The first-order valence-electron chi connectivity index (χ1n) is 8.51. The standard InChI is InChI=1S/C19H22N2O5S/c1-25-14-7-10-18(26-2)16(12-14)17-4-3-11-21(17)19(22)13-5-8-15(9-6-13)27(20,23)24/h5-10,12,17H,3-4,11H2,1-2H3,(H2,20,23,24)/t17-/m1/s1. The first-order chi connectivity index (χ1) is 12.8. The molecule has 2 N–H and O–H groups in total. The zero-order valence-electron chi connectivity index (χ0n) is 15.2. The van der Waals surface area contributed by atoms with Crippen LogP contribution in [0.2, 0.25) is 0 Å². The number of rotatable bonds is 5. The summed E-state index contributed by atoms with van der Waals surface area (Å²) in [6.45, 7) is 0.612. The number of primary sulfonamides is 1. The summed E-state index contributed by atoms with van der Waals surface area (Å²) in [6.07, 6.45) is 1.68. The Morgan fingerprint density at radius 3 is 2.41 bits per heavy atom. The Bertz CT molecular complexity index is 941. The van der Waals surface area contributed by atoms with Gasteiger partial charge >= 0.3 is 0 Å². The summed E-state index contributed by atoms with van der Waals surface area (Å²) >= 11 is 0. The van der Waals surface area contributed by atoms with Crippen LogP contribution in [0.3, 0.4) is 0 Å². The number of carbonyl (C=O) groups excluding carboxylic acids is 1. The summed E-state index contributed by atoms with van der Waals surface area (Å²) in [5, 5.41) is 5.11. The minimum Gasteiger partial charge on any atom is -0.497 e.